The van der Waals surface area contributed by atoms with Gasteiger partial charge in [0.15, 0.2) is 16.3 Å². The molecule has 2 heterocycles. The number of aromatic nitrogens is 4. The molecular formula is C20H34N4O2S. The zero-order valence-corrected chi connectivity index (χ0v) is 17.9. The number of hydrogen-bond donors (Lipinski definition) is 1. The summed E-state index contributed by atoms with van der Waals surface area (Å²) in [4.78, 5) is 31.4. The second-order valence-electron chi connectivity index (χ2n) is 7.21. The molecule has 6 nitrogen and oxygen atoms in total. The minimum absolute atomic E-state index is 0.329. The van der Waals surface area contributed by atoms with E-state index in [4.69, 9.17) is 0 Å². The molecule has 0 aliphatic carbocycles. The third-order valence-corrected chi connectivity index (χ3v) is 6.00. The Morgan fingerprint density at radius 2 is 1.56 bits per heavy atom. The van der Waals surface area contributed by atoms with Crippen LogP contribution in [-0.4, -0.2) is 24.9 Å². The molecule has 7 heteroatoms. The molecule has 0 atom stereocenters. The lowest BCUT2D eigenvalue weighted by atomic mass is 10.1. The van der Waals surface area contributed by atoms with Gasteiger partial charge in [-0.15, -0.1) is 0 Å². The molecule has 152 valence electrons. The largest absolute Gasteiger partial charge is 0.329 e. The van der Waals surface area contributed by atoms with E-state index >= 15 is 0 Å². The molecule has 1 N–H and O–H groups in total. The van der Waals surface area contributed by atoms with Crippen LogP contribution in [0.25, 0.3) is 11.2 Å². The first-order chi connectivity index (χ1) is 13.1. The van der Waals surface area contributed by atoms with Crippen molar-refractivity contribution in [3.05, 3.63) is 20.8 Å². The number of rotatable bonds is 13. The van der Waals surface area contributed by atoms with Gasteiger partial charge >= 0.3 is 5.69 Å². The minimum atomic E-state index is -0.406. The minimum Gasteiger partial charge on any atom is -0.313 e. The fourth-order valence-electron chi connectivity index (χ4n) is 3.27. The molecule has 0 aliphatic rings. The molecular weight excluding hydrogens is 360 g/mol. The summed E-state index contributed by atoms with van der Waals surface area (Å²) in [6, 6.07) is 0. The van der Waals surface area contributed by atoms with Crippen LogP contribution in [0.3, 0.4) is 0 Å². The van der Waals surface area contributed by atoms with Gasteiger partial charge < -0.3 is 4.57 Å². The number of imidazole rings is 1. The summed E-state index contributed by atoms with van der Waals surface area (Å²) in [5, 5.41) is 0.863. The highest BCUT2D eigenvalue weighted by Crippen LogP contribution is 2.23. The monoisotopic (exact) mass is 394 g/mol. The number of fused-ring (bicyclic) bond motifs is 1. The van der Waals surface area contributed by atoms with E-state index in [1.807, 2.05) is 4.57 Å². The van der Waals surface area contributed by atoms with Crippen molar-refractivity contribution in [2.24, 2.45) is 7.05 Å². The predicted octanol–water partition coefficient (Wildman–Crippen LogP) is 4.46. The summed E-state index contributed by atoms with van der Waals surface area (Å²) in [5.74, 6) is 0.992. The first-order valence-corrected chi connectivity index (χ1v) is 11.4. The van der Waals surface area contributed by atoms with Gasteiger partial charge in [0.1, 0.15) is 0 Å². The van der Waals surface area contributed by atoms with E-state index in [-0.39, 0.29) is 5.56 Å². The first kappa shape index (κ1) is 21.8. The molecule has 0 aromatic carbocycles. The average molecular weight is 395 g/mol. The van der Waals surface area contributed by atoms with Gasteiger partial charge in [-0.1, -0.05) is 77.0 Å². The van der Waals surface area contributed by atoms with Crippen molar-refractivity contribution in [3.8, 4) is 0 Å². The molecule has 0 fully saturated rings. The third kappa shape index (κ3) is 5.99. The SMILES string of the molecule is CCCCCCCCn1c(SCCCCCC)nc2c1c(=O)[nH]c(=O)n2C. The molecule has 2 aromatic heterocycles. The summed E-state index contributed by atoms with van der Waals surface area (Å²) in [7, 11) is 1.67. The maximum atomic E-state index is 12.4. The number of nitrogens with zero attached hydrogens (tertiary/aromatic N) is 3. The van der Waals surface area contributed by atoms with Gasteiger partial charge in [0.05, 0.1) is 0 Å². The van der Waals surface area contributed by atoms with Gasteiger partial charge in [-0.3, -0.25) is 14.3 Å². The molecule has 2 rings (SSSR count). The summed E-state index contributed by atoms with van der Waals surface area (Å²) in [6.45, 7) is 5.21. The van der Waals surface area contributed by atoms with Crippen molar-refractivity contribution in [1.82, 2.24) is 19.1 Å². The maximum absolute atomic E-state index is 12.4. The van der Waals surface area contributed by atoms with Crippen LogP contribution < -0.4 is 11.2 Å². The highest BCUT2D eigenvalue weighted by molar-refractivity contribution is 7.99. The summed E-state index contributed by atoms with van der Waals surface area (Å²) in [5.41, 5.74) is 0.285. The lowest BCUT2D eigenvalue weighted by molar-refractivity contribution is 0.544. The smallest absolute Gasteiger partial charge is 0.313 e. The molecule has 27 heavy (non-hydrogen) atoms. The Hall–Kier alpha value is -1.50. The van der Waals surface area contributed by atoms with E-state index < -0.39 is 5.69 Å². The van der Waals surface area contributed by atoms with Crippen LogP contribution in [0, 0.1) is 0 Å². The molecule has 0 radical (unpaired) electrons. The molecule has 0 aliphatic heterocycles. The van der Waals surface area contributed by atoms with Crippen LogP contribution >= 0.6 is 11.8 Å². The predicted molar refractivity (Wildman–Crippen MR) is 114 cm³/mol. The van der Waals surface area contributed by atoms with E-state index in [9.17, 15) is 9.59 Å². The number of thioether (sulfide) groups is 1. The Balaban J connectivity index is 2.16. The lowest BCUT2D eigenvalue weighted by Crippen LogP contribution is -2.29. The number of aryl methyl sites for hydroxylation is 2. The maximum Gasteiger partial charge on any atom is 0.329 e. The van der Waals surface area contributed by atoms with Crippen LogP contribution in [0.2, 0.25) is 0 Å². The fourth-order valence-corrected chi connectivity index (χ4v) is 4.30. The molecule has 0 spiro atoms. The molecule has 0 amide bonds. The van der Waals surface area contributed by atoms with E-state index in [0.717, 1.165) is 36.7 Å². The molecule has 2 aromatic rings. The second kappa shape index (κ2) is 11.4. The van der Waals surface area contributed by atoms with Crippen molar-refractivity contribution < 1.29 is 0 Å². The number of H-pyrrole nitrogens is 1. The normalized spacial score (nSPS) is 11.5. The zero-order valence-electron chi connectivity index (χ0n) is 17.1. The number of unbranched alkanes of at least 4 members (excludes halogenated alkanes) is 8. The topological polar surface area (TPSA) is 72.7 Å². The van der Waals surface area contributed by atoms with Gasteiger partial charge in [-0.2, -0.15) is 0 Å². The molecule has 0 bridgehead atoms. The van der Waals surface area contributed by atoms with E-state index in [1.165, 1.54) is 49.5 Å². The number of aromatic amines is 1. The van der Waals surface area contributed by atoms with E-state index in [2.05, 4.69) is 23.8 Å². The Bertz CT molecular complexity index is 822. The van der Waals surface area contributed by atoms with Crippen LogP contribution in [0.4, 0.5) is 0 Å². The van der Waals surface area contributed by atoms with Crippen molar-refractivity contribution in [2.75, 3.05) is 5.75 Å². The van der Waals surface area contributed by atoms with Gasteiger partial charge in [0.25, 0.3) is 5.56 Å². The van der Waals surface area contributed by atoms with Crippen LogP contribution in [-0.2, 0) is 13.6 Å². The van der Waals surface area contributed by atoms with Gasteiger partial charge in [0.2, 0.25) is 0 Å². The standard InChI is InChI=1S/C20H34N4O2S/c1-4-6-8-10-11-12-14-24-16-17(23(3)19(26)22-18(16)25)21-20(24)27-15-13-9-7-5-2/h4-15H2,1-3H3,(H,22,25,26). The summed E-state index contributed by atoms with van der Waals surface area (Å²) >= 11 is 1.70. The first-order valence-electron chi connectivity index (χ1n) is 10.4. The second-order valence-corrected chi connectivity index (χ2v) is 8.28. The quantitative estimate of drug-likeness (QED) is 0.402. The van der Waals surface area contributed by atoms with Gasteiger partial charge in [0, 0.05) is 19.3 Å². The van der Waals surface area contributed by atoms with Crippen molar-refractivity contribution in [3.63, 3.8) is 0 Å². The van der Waals surface area contributed by atoms with Gasteiger partial charge in [-0.25, -0.2) is 9.78 Å². The Morgan fingerprint density at radius 1 is 0.926 bits per heavy atom. The molecule has 0 saturated carbocycles. The van der Waals surface area contributed by atoms with E-state index in [1.54, 1.807) is 18.8 Å². The molecule has 0 saturated heterocycles. The highest BCUT2D eigenvalue weighted by Gasteiger charge is 2.17. The Morgan fingerprint density at radius 3 is 2.26 bits per heavy atom. The lowest BCUT2D eigenvalue weighted by Gasteiger charge is -2.08. The number of nitrogens with one attached hydrogen (secondary N) is 1. The Labute approximate surface area is 165 Å². The fraction of sp³-hybridized carbons (Fsp3) is 0.750. The summed E-state index contributed by atoms with van der Waals surface area (Å²) < 4.78 is 3.47. The third-order valence-electron chi connectivity index (χ3n) is 4.94. The van der Waals surface area contributed by atoms with Crippen molar-refractivity contribution >= 4 is 22.9 Å². The van der Waals surface area contributed by atoms with Crippen LogP contribution in [0.15, 0.2) is 14.7 Å². The van der Waals surface area contributed by atoms with Crippen LogP contribution in [0.5, 0.6) is 0 Å². The van der Waals surface area contributed by atoms with Crippen molar-refractivity contribution in [2.45, 2.75) is 89.8 Å². The zero-order chi connectivity index (χ0) is 19.6. The van der Waals surface area contributed by atoms with Crippen molar-refractivity contribution in [1.29, 1.82) is 0 Å². The average Bonchev–Trinajstić information content (AvgIpc) is 3.01. The van der Waals surface area contributed by atoms with E-state index in [0.29, 0.717) is 11.2 Å². The van der Waals surface area contributed by atoms with Gasteiger partial charge in [-0.05, 0) is 12.8 Å². The highest BCUT2D eigenvalue weighted by atomic mass is 32.2. The van der Waals surface area contributed by atoms with Crippen LogP contribution in [0.1, 0.15) is 78.1 Å². The summed E-state index contributed by atoms with van der Waals surface area (Å²) in [6.07, 6.45) is 12.1. The number of hydrogen-bond acceptors (Lipinski definition) is 4. The Kier molecular flexibility index (Phi) is 9.18. The molecule has 0 unspecified atom stereocenters.